The van der Waals surface area contributed by atoms with E-state index in [2.05, 4.69) is 48.8 Å². The number of phosphoric acid groups is 1. The summed E-state index contributed by atoms with van der Waals surface area (Å²) in [4.78, 5) is 41.9. The molecular weight excluding hydrogens is 656 g/mol. The molecule has 0 fully saturated rings. The van der Waals surface area contributed by atoms with Gasteiger partial charge in [0.15, 0.2) is 0 Å². The first kappa shape index (κ1) is 36.6. The van der Waals surface area contributed by atoms with Gasteiger partial charge in [-0.1, -0.05) is 45.6 Å². The fourth-order valence-corrected chi connectivity index (χ4v) is 4.93. The summed E-state index contributed by atoms with van der Waals surface area (Å²) in [7, 11) is -5.05. The van der Waals surface area contributed by atoms with Crippen molar-refractivity contribution in [1.82, 2.24) is 25.0 Å². The minimum absolute atomic E-state index is 0.0171. The van der Waals surface area contributed by atoms with Gasteiger partial charge < -0.3 is 19.8 Å². The van der Waals surface area contributed by atoms with E-state index in [1.807, 2.05) is 34.6 Å². The van der Waals surface area contributed by atoms with Gasteiger partial charge in [-0.25, -0.2) is 23.5 Å². The average molecular weight is 692 g/mol. The molecule has 0 aliphatic heterocycles. The van der Waals surface area contributed by atoms with Gasteiger partial charge in [0.25, 0.3) is 0 Å². The highest BCUT2D eigenvalue weighted by molar-refractivity contribution is 7.46. The number of carbonyl (C=O) groups excluding carboxylic acids is 1. The number of nitrogens with zero attached hydrogens (tertiary/aromatic N) is 8. The molecule has 0 radical (unpaired) electrons. The molecule has 3 aromatic heterocycles. The minimum atomic E-state index is -5.05. The first-order valence-electron chi connectivity index (χ1n) is 14.9. The quantitative estimate of drug-likeness (QED) is 0.0945. The second kappa shape index (κ2) is 14.5. The van der Waals surface area contributed by atoms with Crippen molar-refractivity contribution < 1.29 is 32.8 Å². The number of halogens is 1. The Morgan fingerprint density at radius 2 is 1.92 bits per heavy atom. The molecule has 4 aromatic rings. The highest BCUT2D eigenvalue weighted by atomic mass is 31.2. The Morgan fingerprint density at radius 3 is 2.51 bits per heavy atom. The monoisotopic (exact) mass is 691 g/mol. The number of aromatic nitrogens is 5. The molecule has 0 saturated carbocycles. The van der Waals surface area contributed by atoms with Crippen molar-refractivity contribution >= 4 is 41.9 Å². The summed E-state index contributed by atoms with van der Waals surface area (Å²) in [6.07, 6.45) is 2.16. The van der Waals surface area contributed by atoms with Crippen LogP contribution in [0.15, 0.2) is 43.2 Å². The smallest absolute Gasteiger partial charge is 0.421 e. The predicted octanol–water partition coefficient (Wildman–Crippen LogP) is 5.94. The van der Waals surface area contributed by atoms with Crippen molar-refractivity contribution in [2.75, 3.05) is 17.0 Å². The summed E-state index contributed by atoms with van der Waals surface area (Å²) in [5.74, 6) is -0.788. The molecule has 1 aromatic carbocycles. The van der Waals surface area contributed by atoms with Gasteiger partial charge in [0.1, 0.15) is 23.9 Å². The largest absolute Gasteiger partial charge is 0.472 e. The van der Waals surface area contributed by atoms with Crippen LogP contribution in [0.5, 0.6) is 0 Å². The van der Waals surface area contributed by atoms with E-state index in [1.165, 1.54) is 42.2 Å². The molecule has 256 valence electrons. The molecule has 1 amide bonds. The number of carbonyl (C=O) groups is 1. The summed E-state index contributed by atoms with van der Waals surface area (Å²) in [5, 5.41) is 32.4. The zero-order valence-corrected chi connectivity index (χ0v) is 28.6. The van der Waals surface area contributed by atoms with Gasteiger partial charge in [-0.2, -0.15) is 14.9 Å². The van der Waals surface area contributed by atoms with Gasteiger partial charge in [-0.05, 0) is 43.9 Å². The standard InChI is InChI=1S/C32H35FN9O6P/c1-8-18(2)41-16-26(39-40-41)30(24-9-10-27(33)37-19(24)3)42(31(43)47-17-48-49(44,45)46)23-11-21(13-34)28-25(12-23)29(22(14-35)15-36-28)38-20(4)32(5,6)7/h9-12,15-16,20,30H,2,8,17H2,1,3-7H3,(H,36,38)(H2,44,45,46)/t20-,30+/m1/s1. The molecule has 2 atom stereocenters. The summed E-state index contributed by atoms with van der Waals surface area (Å²) in [5.41, 5.74) is 1.66. The van der Waals surface area contributed by atoms with Crippen molar-refractivity contribution in [1.29, 1.82) is 10.5 Å². The van der Waals surface area contributed by atoms with Crippen molar-refractivity contribution in [2.45, 2.75) is 60.0 Å². The molecule has 0 aliphatic carbocycles. The molecule has 15 nitrogen and oxygen atoms in total. The predicted molar refractivity (Wildman–Crippen MR) is 177 cm³/mol. The third kappa shape index (κ3) is 8.25. The van der Waals surface area contributed by atoms with E-state index < -0.39 is 32.7 Å². The normalized spacial score (nSPS) is 12.9. The van der Waals surface area contributed by atoms with Crippen LogP contribution >= 0.6 is 7.82 Å². The lowest BCUT2D eigenvalue weighted by Crippen LogP contribution is -2.37. The van der Waals surface area contributed by atoms with Gasteiger partial charge in [-0.3, -0.25) is 9.88 Å². The summed E-state index contributed by atoms with van der Waals surface area (Å²) < 4.78 is 36.7. The molecule has 3 heterocycles. The lowest BCUT2D eigenvalue weighted by Gasteiger charge is -2.32. The summed E-state index contributed by atoms with van der Waals surface area (Å²) in [6.45, 7) is 14.1. The summed E-state index contributed by atoms with van der Waals surface area (Å²) in [6, 6.07) is 8.12. The van der Waals surface area contributed by atoms with Crippen LogP contribution in [0.1, 0.15) is 75.2 Å². The number of hydrogen-bond donors (Lipinski definition) is 3. The molecule has 0 aliphatic rings. The van der Waals surface area contributed by atoms with Crippen LogP contribution in [0, 0.1) is 40.9 Å². The molecule has 17 heteroatoms. The Balaban J connectivity index is 2.07. The number of rotatable bonds is 11. The molecule has 0 saturated heterocycles. The topological polar surface area (TPSA) is 212 Å². The number of hydrogen-bond acceptors (Lipinski definition) is 11. The van der Waals surface area contributed by atoms with Gasteiger partial charge in [0.05, 0.1) is 34.2 Å². The molecule has 0 unspecified atom stereocenters. The molecular formula is C32H35FN9O6P. The Kier molecular flexibility index (Phi) is 10.8. The highest BCUT2D eigenvalue weighted by Gasteiger charge is 2.35. The second-order valence-electron chi connectivity index (χ2n) is 12.1. The number of anilines is 2. The zero-order chi connectivity index (χ0) is 36.3. The third-order valence-electron chi connectivity index (χ3n) is 7.90. The molecule has 0 bridgehead atoms. The van der Waals surface area contributed by atoms with E-state index >= 15 is 0 Å². The Bertz CT molecular complexity index is 2040. The van der Waals surface area contributed by atoms with E-state index in [0.29, 0.717) is 23.2 Å². The number of nitriles is 2. The number of amides is 1. The van der Waals surface area contributed by atoms with E-state index in [0.717, 1.165) is 11.0 Å². The number of benzene rings is 1. The van der Waals surface area contributed by atoms with Crippen LogP contribution in [-0.4, -0.2) is 53.7 Å². The minimum Gasteiger partial charge on any atom is -0.421 e. The molecule has 49 heavy (non-hydrogen) atoms. The van der Waals surface area contributed by atoms with Crippen molar-refractivity contribution in [3.8, 4) is 12.1 Å². The van der Waals surface area contributed by atoms with Crippen LogP contribution < -0.4 is 10.2 Å². The van der Waals surface area contributed by atoms with E-state index in [4.69, 9.17) is 4.74 Å². The first-order valence-corrected chi connectivity index (χ1v) is 16.4. The van der Waals surface area contributed by atoms with Crippen molar-refractivity contribution in [2.24, 2.45) is 5.41 Å². The number of fused-ring (bicyclic) bond motifs is 1. The van der Waals surface area contributed by atoms with Crippen molar-refractivity contribution in [3.63, 3.8) is 0 Å². The van der Waals surface area contributed by atoms with E-state index in [9.17, 15) is 34.1 Å². The second-order valence-corrected chi connectivity index (χ2v) is 13.4. The van der Waals surface area contributed by atoms with Crippen LogP contribution in [0.3, 0.4) is 0 Å². The third-order valence-corrected chi connectivity index (χ3v) is 8.35. The van der Waals surface area contributed by atoms with Crippen LogP contribution in [0.4, 0.5) is 20.6 Å². The Morgan fingerprint density at radius 1 is 1.22 bits per heavy atom. The van der Waals surface area contributed by atoms with Gasteiger partial charge in [0.2, 0.25) is 12.7 Å². The van der Waals surface area contributed by atoms with Crippen LogP contribution in [0.2, 0.25) is 0 Å². The fourth-order valence-electron chi connectivity index (χ4n) is 4.74. The molecule has 0 spiro atoms. The highest BCUT2D eigenvalue weighted by Crippen LogP contribution is 2.40. The maximum absolute atomic E-state index is 14.3. The lowest BCUT2D eigenvalue weighted by atomic mass is 9.87. The van der Waals surface area contributed by atoms with E-state index in [-0.39, 0.29) is 50.7 Å². The van der Waals surface area contributed by atoms with Gasteiger partial charge in [-0.15, -0.1) is 5.10 Å². The first-order chi connectivity index (χ1) is 23.0. The van der Waals surface area contributed by atoms with Gasteiger partial charge in [0, 0.05) is 34.6 Å². The number of ether oxygens (including phenoxy) is 1. The number of allylic oxidation sites excluding steroid dienone is 1. The average Bonchev–Trinajstić information content (AvgIpc) is 3.52. The maximum atomic E-state index is 14.3. The zero-order valence-electron chi connectivity index (χ0n) is 27.7. The van der Waals surface area contributed by atoms with Crippen molar-refractivity contribution in [3.05, 3.63) is 77.3 Å². The van der Waals surface area contributed by atoms with E-state index in [1.54, 1.807) is 0 Å². The number of aryl methyl sites for hydroxylation is 1. The van der Waals surface area contributed by atoms with Gasteiger partial charge >= 0.3 is 13.9 Å². The number of pyridine rings is 2. The van der Waals surface area contributed by atoms with Crippen LogP contribution in [0.25, 0.3) is 16.6 Å². The number of nitrogens with one attached hydrogen (secondary N) is 1. The lowest BCUT2D eigenvalue weighted by molar-refractivity contribution is 0.0427. The van der Waals surface area contributed by atoms with Crippen LogP contribution in [-0.2, 0) is 13.8 Å². The SMILES string of the molecule is C=C(CC)n1cc([C@H](c2ccc(F)nc2C)N(C(=O)OCOP(=O)(O)O)c2cc(C#N)c3ncc(C#N)c(N[C@H](C)C(C)(C)C)c3c2)nn1. The Labute approximate surface area is 281 Å². The number of phosphoric ester groups is 1. The molecule has 4 rings (SSSR count). The summed E-state index contributed by atoms with van der Waals surface area (Å²) >= 11 is 0. The maximum Gasteiger partial charge on any atom is 0.472 e. The Hall–Kier alpha value is -5.25. The molecule has 3 N–H and O–H groups in total. The fraction of sp³-hybridized carbons (Fsp3) is 0.344.